The van der Waals surface area contributed by atoms with Gasteiger partial charge in [0.25, 0.3) is 5.91 Å². The van der Waals surface area contributed by atoms with E-state index in [-0.39, 0.29) is 23.3 Å². The summed E-state index contributed by atoms with van der Waals surface area (Å²) in [5.74, 6) is -0.514. The second kappa shape index (κ2) is 5.97. The minimum atomic E-state index is -0.369. The van der Waals surface area contributed by atoms with E-state index in [1.54, 1.807) is 0 Å². The number of nitrogens with one attached hydrogen (secondary N) is 1. The van der Waals surface area contributed by atoms with Crippen LogP contribution in [0.15, 0.2) is 48.8 Å². The van der Waals surface area contributed by atoms with Crippen LogP contribution >= 0.6 is 0 Å². The summed E-state index contributed by atoms with van der Waals surface area (Å²) >= 11 is 0. The first-order chi connectivity index (χ1) is 9.18. The van der Waals surface area contributed by atoms with Gasteiger partial charge in [0.15, 0.2) is 0 Å². The highest BCUT2D eigenvalue weighted by atomic mass is 16.3. The van der Waals surface area contributed by atoms with E-state index in [9.17, 15) is 9.90 Å². The molecule has 4 N–H and O–H groups in total. The highest BCUT2D eigenvalue weighted by Crippen LogP contribution is 2.14. The number of carbonyl (C=O) groups excluding carboxylic acids is 1. The lowest BCUT2D eigenvalue weighted by atomic mass is 10.1. The molecule has 1 heterocycles. The van der Waals surface area contributed by atoms with E-state index in [4.69, 9.17) is 5.73 Å². The third-order valence-corrected chi connectivity index (χ3v) is 2.75. The lowest BCUT2D eigenvalue weighted by molar-refractivity contribution is 0.0948. The van der Waals surface area contributed by atoms with E-state index in [2.05, 4.69) is 10.3 Å². The van der Waals surface area contributed by atoms with Crippen molar-refractivity contribution in [1.82, 2.24) is 10.3 Å². The topological polar surface area (TPSA) is 88.2 Å². The number of nitrogens with two attached hydrogens (primary N) is 1. The van der Waals surface area contributed by atoms with Crippen molar-refractivity contribution in [3.8, 4) is 5.75 Å². The first-order valence-corrected chi connectivity index (χ1v) is 5.90. The first kappa shape index (κ1) is 13.0. The average molecular weight is 257 g/mol. The molecule has 0 saturated heterocycles. The number of nitrogens with zero attached hydrogens (tertiary/aromatic N) is 1. The van der Waals surface area contributed by atoms with Gasteiger partial charge in [0.05, 0.1) is 11.8 Å². The van der Waals surface area contributed by atoms with Crippen LogP contribution in [0.25, 0.3) is 0 Å². The number of benzene rings is 1. The summed E-state index contributed by atoms with van der Waals surface area (Å²) in [6, 6.07) is 10.7. The minimum absolute atomic E-state index is 0.145. The highest BCUT2D eigenvalue weighted by Gasteiger charge is 2.12. The van der Waals surface area contributed by atoms with Gasteiger partial charge in [0, 0.05) is 18.8 Å². The third-order valence-electron chi connectivity index (χ3n) is 2.75. The van der Waals surface area contributed by atoms with Crippen molar-refractivity contribution in [1.29, 1.82) is 0 Å². The molecule has 0 bridgehead atoms. The zero-order chi connectivity index (χ0) is 13.7. The van der Waals surface area contributed by atoms with Crippen molar-refractivity contribution < 1.29 is 9.90 Å². The van der Waals surface area contributed by atoms with Gasteiger partial charge < -0.3 is 16.2 Å². The smallest absolute Gasteiger partial charge is 0.255 e. The van der Waals surface area contributed by atoms with E-state index in [0.717, 1.165) is 5.56 Å². The fourth-order valence-electron chi connectivity index (χ4n) is 1.69. The Morgan fingerprint density at radius 2 is 2.05 bits per heavy atom. The van der Waals surface area contributed by atoms with Gasteiger partial charge in [-0.3, -0.25) is 9.78 Å². The van der Waals surface area contributed by atoms with E-state index in [0.29, 0.717) is 6.54 Å². The molecule has 2 aromatic rings. The summed E-state index contributed by atoms with van der Waals surface area (Å²) in [5, 5.41) is 12.2. The number of aromatic hydroxyl groups is 1. The number of hydrogen-bond acceptors (Lipinski definition) is 4. The Kier molecular flexibility index (Phi) is 4.10. The lowest BCUT2D eigenvalue weighted by Gasteiger charge is -2.13. The van der Waals surface area contributed by atoms with Gasteiger partial charge >= 0.3 is 0 Å². The van der Waals surface area contributed by atoms with Crippen LogP contribution in [0.2, 0.25) is 0 Å². The number of amides is 1. The van der Waals surface area contributed by atoms with Crippen LogP contribution in [0.5, 0.6) is 5.75 Å². The summed E-state index contributed by atoms with van der Waals surface area (Å²) in [4.78, 5) is 15.6. The van der Waals surface area contributed by atoms with Gasteiger partial charge in [-0.15, -0.1) is 0 Å². The van der Waals surface area contributed by atoms with E-state index in [1.165, 1.54) is 18.5 Å². The molecule has 98 valence electrons. The van der Waals surface area contributed by atoms with Crippen molar-refractivity contribution in [2.45, 2.75) is 6.04 Å². The average Bonchev–Trinajstić information content (AvgIpc) is 2.46. The Labute approximate surface area is 111 Å². The summed E-state index contributed by atoms with van der Waals surface area (Å²) in [6.45, 7) is 0.296. The molecular weight excluding hydrogens is 242 g/mol. The molecule has 0 aliphatic rings. The van der Waals surface area contributed by atoms with Gasteiger partial charge in [0.2, 0.25) is 0 Å². The van der Waals surface area contributed by atoms with Crippen molar-refractivity contribution in [2.75, 3.05) is 6.54 Å². The normalized spacial score (nSPS) is 11.8. The van der Waals surface area contributed by atoms with Crippen LogP contribution in [-0.2, 0) is 0 Å². The molecule has 1 atom stereocenters. The monoisotopic (exact) mass is 257 g/mol. The standard InChI is InChI=1S/C14H15N3O2/c15-12(10-4-2-1-3-5-10)8-17-14(19)11-6-7-16-9-13(11)18/h1-7,9,12,18H,8,15H2,(H,17,19). The first-order valence-electron chi connectivity index (χ1n) is 5.90. The molecule has 5 heteroatoms. The number of carbonyl (C=O) groups is 1. The van der Waals surface area contributed by atoms with Crippen molar-refractivity contribution in [2.24, 2.45) is 5.73 Å². The van der Waals surface area contributed by atoms with Crippen LogP contribution in [0.1, 0.15) is 22.0 Å². The molecule has 0 fully saturated rings. The van der Waals surface area contributed by atoms with Crippen LogP contribution in [0.4, 0.5) is 0 Å². The second-order valence-electron chi connectivity index (χ2n) is 4.12. The molecule has 1 unspecified atom stereocenters. The van der Waals surface area contributed by atoms with E-state index < -0.39 is 0 Å². The lowest BCUT2D eigenvalue weighted by Crippen LogP contribution is -2.31. The summed E-state index contributed by atoms with van der Waals surface area (Å²) in [6.07, 6.45) is 2.68. The van der Waals surface area contributed by atoms with Gasteiger partial charge in [-0.25, -0.2) is 0 Å². The molecule has 19 heavy (non-hydrogen) atoms. The van der Waals surface area contributed by atoms with Crippen LogP contribution in [0.3, 0.4) is 0 Å². The Hall–Kier alpha value is -2.40. The van der Waals surface area contributed by atoms with Crippen molar-refractivity contribution in [3.05, 3.63) is 59.9 Å². The fourth-order valence-corrected chi connectivity index (χ4v) is 1.69. The zero-order valence-corrected chi connectivity index (χ0v) is 10.3. The van der Waals surface area contributed by atoms with Crippen molar-refractivity contribution >= 4 is 5.91 Å². The molecule has 1 aromatic carbocycles. The molecule has 0 saturated carbocycles. The Morgan fingerprint density at radius 1 is 1.32 bits per heavy atom. The maximum atomic E-state index is 11.8. The second-order valence-corrected chi connectivity index (χ2v) is 4.12. The number of pyridine rings is 1. The molecule has 0 spiro atoms. The molecule has 0 radical (unpaired) electrons. The largest absolute Gasteiger partial charge is 0.505 e. The SMILES string of the molecule is NC(CNC(=O)c1ccncc1O)c1ccccc1. The third kappa shape index (κ3) is 3.29. The molecule has 5 nitrogen and oxygen atoms in total. The summed E-state index contributed by atoms with van der Waals surface area (Å²) in [7, 11) is 0. The van der Waals surface area contributed by atoms with Crippen LogP contribution in [0, 0.1) is 0 Å². The molecular formula is C14H15N3O2. The molecule has 1 amide bonds. The fraction of sp³-hybridized carbons (Fsp3) is 0.143. The van der Waals surface area contributed by atoms with E-state index >= 15 is 0 Å². The Balaban J connectivity index is 1.96. The van der Waals surface area contributed by atoms with Gasteiger partial charge in [-0.2, -0.15) is 0 Å². The van der Waals surface area contributed by atoms with Gasteiger partial charge in [-0.1, -0.05) is 30.3 Å². The minimum Gasteiger partial charge on any atom is -0.505 e. The maximum Gasteiger partial charge on any atom is 0.255 e. The summed E-state index contributed by atoms with van der Waals surface area (Å²) in [5.41, 5.74) is 7.11. The highest BCUT2D eigenvalue weighted by molar-refractivity contribution is 5.96. The number of aromatic nitrogens is 1. The Bertz CT molecular complexity index is 558. The van der Waals surface area contributed by atoms with Crippen LogP contribution in [-0.4, -0.2) is 22.5 Å². The predicted molar refractivity (Wildman–Crippen MR) is 71.6 cm³/mol. The predicted octanol–water partition coefficient (Wildman–Crippen LogP) is 1.22. The van der Waals surface area contributed by atoms with Gasteiger partial charge in [0.1, 0.15) is 5.75 Å². The zero-order valence-electron chi connectivity index (χ0n) is 10.3. The molecule has 2 rings (SSSR count). The molecule has 1 aromatic heterocycles. The summed E-state index contributed by atoms with van der Waals surface area (Å²) < 4.78 is 0. The number of hydrogen-bond donors (Lipinski definition) is 3. The number of rotatable bonds is 4. The molecule has 0 aliphatic heterocycles. The maximum absolute atomic E-state index is 11.8. The molecule has 0 aliphatic carbocycles. The quantitative estimate of drug-likeness (QED) is 0.768. The Morgan fingerprint density at radius 3 is 2.74 bits per heavy atom. The van der Waals surface area contributed by atoms with Gasteiger partial charge in [-0.05, 0) is 11.6 Å². The van der Waals surface area contributed by atoms with E-state index in [1.807, 2.05) is 30.3 Å². The van der Waals surface area contributed by atoms with Crippen LogP contribution < -0.4 is 11.1 Å². The van der Waals surface area contributed by atoms with Crippen molar-refractivity contribution in [3.63, 3.8) is 0 Å².